The summed E-state index contributed by atoms with van der Waals surface area (Å²) in [5.74, 6) is 0.117. The number of hydrogen-bond acceptors (Lipinski definition) is 3. The summed E-state index contributed by atoms with van der Waals surface area (Å²) >= 11 is 0. The molecule has 1 aromatic rings. The summed E-state index contributed by atoms with van der Waals surface area (Å²) in [4.78, 5) is 0. The minimum atomic E-state index is -3.12. The summed E-state index contributed by atoms with van der Waals surface area (Å²) in [6, 6.07) is 2.13. The maximum absolute atomic E-state index is 11.4. The standard InChI is InChI=1S/C12H23N3O2S/c1-5-14-18(16,17)7-6-13-9-12-8-10(2)15(4)11(12)3/h8,13-14H,5-7,9H2,1-4H3. The first kappa shape index (κ1) is 15.2. The van der Waals surface area contributed by atoms with Gasteiger partial charge in [-0.15, -0.1) is 0 Å². The zero-order valence-electron chi connectivity index (χ0n) is 11.6. The average Bonchev–Trinajstić information content (AvgIpc) is 2.52. The first-order chi connectivity index (χ1) is 8.37. The van der Waals surface area contributed by atoms with E-state index in [4.69, 9.17) is 0 Å². The van der Waals surface area contributed by atoms with Crippen molar-refractivity contribution in [3.05, 3.63) is 23.0 Å². The number of sulfonamides is 1. The van der Waals surface area contributed by atoms with Gasteiger partial charge >= 0.3 is 0 Å². The summed E-state index contributed by atoms with van der Waals surface area (Å²) in [6.07, 6.45) is 0. The van der Waals surface area contributed by atoms with Crippen LogP contribution in [0.15, 0.2) is 6.07 Å². The van der Waals surface area contributed by atoms with Gasteiger partial charge in [-0.05, 0) is 25.5 Å². The van der Waals surface area contributed by atoms with Crippen LogP contribution in [0.1, 0.15) is 23.9 Å². The molecule has 0 fully saturated rings. The molecule has 1 rings (SSSR count). The Bertz CT molecular complexity index is 492. The van der Waals surface area contributed by atoms with Gasteiger partial charge in [-0.2, -0.15) is 0 Å². The van der Waals surface area contributed by atoms with Crippen molar-refractivity contribution in [3.8, 4) is 0 Å². The van der Waals surface area contributed by atoms with Gasteiger partial charge in [0.25, 0.3) is 0 Å². The smallest absolute Gasteiger partial charge is 0.212 e. The fourth-order valence-electron chi connectivity index (χ4n) is 1.83. The minimum Gasteiger partial charge on any atom is -0.352 e. The first-order valence-electron chi connectivity index (χ1n) is 6.17. The Morgan fingerprint density at radius 2 is 2.00 bits per heavy atom. The third-order valence-electron chi connectivity index (χ3n) is 3.11. The normalized spacial score (nSPS) is 12.0. The molecule has 0 amide bonds. The molecule has 0 aromatic carbocycles. The molecule has 0 bridgehead atoms. The van der Waals surface area contributed by atoms with Crippen LogP contribution < -0.4 is 10.0 Å². The molecule has 0 saturated carbocycles. The van der Waals surface area contributed by atoms with Gasteiger partial charge in [0.05, 0.1) is 5.75 Å². The highest BCUT2D eigenvalue weighted by Crippen LogP contribution is 2.12. The van der Waals surface area contributed by atoms with Crippen molar-refractivity contribution in [2.24, 2.45) is 7.05 Å². The Morgan fingerprint density at radius 3 is 2.50 bits per heavy atom. The molecule has 0 unspecified atom stereocenters. The highest BCUT2D eigenvalue weighted by atomic mass is 32.2. The molecule has 0 aliphatic heterocycles. The van der Waals surface area contributed by atoms with Gasteiger partial charge in [0.2, 0.25) is 10.0 Å². The van der Waals surface area contributed by atoms with Gasteiger partial charge in [0.1, 0.15) is 0 Å². The van der Waals surface area contributed by atoms with E-state index in [-0.39, 0.29) is 5.75 Å². The van der Waals surface area contributed by atoms with Crippen LogP contribution in [0.2, 0.25) is 0 Å². The largest absolute Gasteiger partial charge is 0.352 e. The Balaban J connectivity index is 2.41. The van der Waals surface area contributed by atoms with Crippen LogP contribution in [0, 0.1) is 13.8 Å². The number of nitrogens with one attached hydrogen (secondary N) is 2. The molecule has 0 atom stereocenters. The second-order valence-electron chi connectivity index (χ2n) is 4.45. The summed E-state index contributed by atoms with van der Waals surface area (Å²) < 4.78 is 27.4. The minimum absolute atomic E-state index is 0.117. The topological polar surface area (TPSA) is 63.1 Å². The highest BCUT2D eigenvalue weighted by molar-refractivity contribution is 7.89. The molecule has 0 spiro atoms. The number of nitrogens with zero attached hydrogens (tertiary/aromatic N) is 1. The monoisotopic (exact) mass is 273 g/mol. The van der Waals surface area contributed by atoms with Crippen molar-refractivity contribution in [2.75, 3.05) is 18.8 Å². The lowest BCUT2D eigenvalue weighted by Crippen LogP contribution is -2.31. The average molecular weight is 273 g/mol. The SMILES string of the molecule is CCNS(=O)(=O)CCNCc1cc(C)n(C)c1C. The molecule has 18 heavy (non-hydrogen) atoms. The fourth-order valence-corrected chi connectivity index (χ4v) is 2.83. The maximum atomic E-state index is 11.4. The summed E-state index contributed by atoms with van der Waals surface area (Å²) in [6.45, 7) is 7.52. The second kappa shape index (κ2) is 6.36. The van der Waals surface area contributed by atoms with Gasteiger partial charge in [0.15, 0.2) is 0 Å². The lowest BCUT2D eigenvalue weighted by Gasteiger charge is -2.06. The van der Waals surface area contributed by atoms with Crippen LogP contribution in [0.5, 0.6) is 0 Å². The van der Waals surface area contributed by atoms with Gasteiger partial charge in [0, 0.05) is 38.1 Å². The third-order valence-corrected chi connectivity index (χ3v) is 4.58. The molecule has 104 valence electrons. The van der Waals surface area contributed by atoms with E-state index >= 15 is 0 Å². The van der Waals surface area contributed by atoms with E-state index in [9.17, 15) is 8.42 Å². The van der Waals surface area contributed by atoms with Crippen LogP contribution >= 0.6 is 0 Å². The molecular formula is C12H23N3O2S. The summed E-state index contributed by atoms with van der Waals surface area (Å²) in [5, 5.41) is 3.17. The second-order valence-corrected chi connectivity index (χ2v) is 6.38. The van der Waals surface area contributed by atoms with Crippen LogP contribution in [0.25, 0.3) is 0 Å². The van der Waals surface area contributed by atoms with Crippen LogP contribution in [-0.2, 0) is 23.6 Å². The van der Waals surface area contributed by atoms with E-state index < -0.39 is 10.0 Å². The van der Waals surface area contributed by atoms with Gasteiger partial charge in [-0.25, -0.2) is 13.1 Å². The Labute approximate surface area is 110 Å². The van der Waals surface area contributed by atoms with Crippen LogP contribution in [-0.4, -0.2) is 31.8 Å². The number of aryl methyl sites for hydroxylation is 1. The Hall–Kier alpha value is -0.850. The van der Waals surface area contributed by atoms with Crippen molar-refractivity contribution >= 4 is 10.0 Å². The van der Waals surface area contributed by atoms with E-state index in [0.29, 0.717) is 19.6 Å². The van der Waals surface area contributed by atoms with E-state index in [1.165, 1.54) is 17.0 Å². The zero-order chi connectivity index (χ0) is 13.8. The summed E-state index contributed by atoms with van der Waals surface area (Å²) in [5.41, 5.74) is 3.65. The number of aromatic nitrogens is 1. The molecule has 0 saturated heterocycles. The molecule has 2 N–H and O–H groups in total. The predicted molar refractivity (Wildman–Crippen MR) is 74.1 cm³/mol. The third kappa shape index (κ3) is 4.12. The van der Waals surface area contributed by atoms with Crippen molar-refractivity contribution in [1.82, 2.24) is 14.6 Å². The quantitative estimate of drug-likeness (QED) is 0.718. The van der Waals surface area contributed by atoms with Crippen molar-refractivity contribution in [2.45, 2.75) is 27.3 Å². The van der Waals surface area contributed by atoms with E-state index in [2.05, 4.69) is 34.5 Å². The van der Waals surface area contributed by atoms with Crippen molar-refractivity contribution in [1.29, 1.82) is 0 Å². The zero-order valence-corrected chi connectivity index (χ0v) is 12.4. The maximum Gasteiger partial charge on any atom is 0.212 e. The van der Waals surface area contributed by atoms with Crippen molar-refractivity contribution in [3.63, 3.8) is 0 Å². The first-order valence-corrected chi connectivity index (χ1v) is 7.82. The molecule has 1 heterocycles. The van der Waals surface area contributed by atoms with Gasteiger partial charge in [-0.1, -0.05) is 6.92 Å². The van der Waals surface area contributed by atoms with Crippen LogP contribution in [0.3, 0.4) is 0 Å². The Kier molecular flexibility index (Phi) is 5.37. The summed E-state index contributed by atoms with van der Waals surface area (Å²) in [7, 11) is -1.09. The van der Waals surface area contributed by atoms with E-state index in [1.54, 1.807) is 6.92 Å². The van der Waals surface area contributed by atoms with Gasteiger partial charge in [-0.3, -0.25) is 0 Å². The lowest BCUT2D eigenvalue weighted by atomic mass is 10.2. The number of rotatable bonds is 7. The molecule has 5 nitrogen and oxygen atoms in total. The Morgan fingerprint density at radius 1 is 1.33 bits per heavy atom. The molecule has 1 aromatic heterocycles. The predicted octanol–water partition coefficient (Wildman–Crippen LogP) is 0.671. The molecular weight excluding hydrogens is 250 g/mol. The molecule has 6 heteroatoms. The highest BCUT2D eigenvalue weighted by Gasteiger charge is 2.09. The molecule has 0 aliphatic rings. The number of hydrogen-bond donors (Lipinski definition) is 2. The van der Waals surface area contributed by atoms with E-state index in [1.807, 2.05) is 7.05 Å². The van der Waals surface area contributed by atoms with Crippen LogP contribution in [0.4, 0.5) is 0 Å². The lowest BCUT2D eigenvalue weighted by molar-refractivity contribution is 0.578. The van der Waals surface area contributed by atoms with E-state index in [0.717, 1.165) is 0 Å². The molecule has 0 radical (unpaired) electrons. The fraction of sp³-hybridized carbons (Fsp3) is 0.667. The van der Waals surface area contributed by atoms with Gasteiger partial charge < -0.3 is 9.88 Å². The molecule has 0 aliphatic carbocycles. The van der Waals surface area contributed by atoms with Crippen molar-refractivity contribution < 1.29 is 8.42 Å².